The lowest BCUT2D eigenvalue weighted by atomic mass is 9.98. The number of rotatable bonds is 8. The van der Waals surface area contributed by atoms with E-state index in [9.17, 15) is 4.79 Å². The van der Waals surface area contributed by atoms with Crippen LogP contribution in [0.5, 0.6) is 5.75 Å². The molecular formula is C26H31N2O4+. The summed E-state index contributed by atoms with van der Waals surface area (Å²) in [6.07, 6.45) is 2.64. The standard InChI is InChI=1S/C26H30N2O4/c1-17-24(27-26(32-17)20-6-5-7-21(14-20)28(2,3)4)12-13-31-22-10-11-23-18(15-22)8-9-19(23)16-25(29)30/h5-7,10-11,14-15,19H,8-9,12-13,16H2,1-4H3/p+1/t19-/m0/s1. The molecule has 0 saturated heterocycles. The smallest absolute Gasteiger partial charge is 0.303 e. The Balaban J connectivity index is 1.40. The summed E-state index contributed by atoms with van der Waals surface area (Å²) in [4.78, 5) is 15.8. The Morgan fingerprint density at radius 3 is 2.78 bits per heavy atom. The average Bonchev–Trinajstić information content (AvgIpc) is 3.30. The fourth-order valence-electron chi connectivity index (χ4n) is 4.30. The minimum atomic E-state index is -0.741. The highest BCUT2D eigenvalue weighted by atomic mass is 16.5. The second-order valence-electron chi connectivity index (χ2n) is 9.38. The van der Waals surface area contributed by atoms with Gasteiger partial charge in [-0.25, -0.2) is 4.98 Å². The number of ether oxygens (including phenoxy) is 1. The van der Waals surface area contributed by atoms with Crippen LogP contribution in [0.2, 0.25) is 0 Å². The van der Waals surface area contributed by atoms with Crippen LogP contribution in [0.15, 0.2) is 46.9 Å². The van der Waals surface area contributed by atoms with E-state index in [1.54, 1.807) is 0 Å². The van der Waals surface area contributed by atoms with Crippen LogP contribution in [0.25, 0.3) is 11.5 Å². The number of benzene rings is 2. The van der Waals surface area contributed by atoms with Crippen LogP contribution in [0.4, 0.5) is 5.69 Å². The van der Waals surface area contributed by atoms with Gasteiger partial charge in [-0.2, -0.15) is 0 Å². The molecule has 6 nitrogen and oxygen atoms in total. The normalized spacial score (nSPS) is 15.6. The summed E-state index contributed by atoms with van der Waals surface area (Å²) < 4.78 is 12.7. The lowest BCUT2D eigenvalue weighted by Gasteiger charge is -2.23. The van der Waals surface area contributed by atoms with Gasteiger partial charge in [-0.05, 0) is 61.1 Å². The van der Waals surface area contributed by atoms with Gasteiger partial charge in [-0.3, -0.25) is 9.28 Å². The highest BCUT2D eigenvalue weighted by molar-refractivity contribution is 5.68. The molecule has 0 bridgehead atoms. The largest absolute Gasteiger partial charge is 0.493 e. The number of aryl methyl sites for hydroxylation is 2. The minimum absolute atomic E-state index is 0.114. The zero-order valence-corrected chi connectivity index (χ0v) is 19.2. The Morgan fingerprint density at radius 2 is 2.03 bits per heavy atom. The van der Waals surface area contributed by atoms with Crippen LogP contribution in [0, 0.1) is 6.92 Å². The summed E-state index contributed by atoms with van der Waals surface area (Å²) in [6.45, 7) is 2.44. The Morgan fingerprint density at radius 1 is 1.22 bits per heavy atom. The van der Waals surface area contributed by atoms with Crippen molar-refractivity contribution in [1.29, 1.82) is 0 Å². The molecule has 6 heteroatoms. The maximum atomic E-state index is 11.0. The summed E-state index contributed by atoms with van der Waals surface area (Å²) >= 11 is 0. The Bertz CT molecular complexity index is 1130. The zero-order valence-electron chi connectivity index (χ0n) is 19.2. The quantitative estimate of drug-likeness (QED) is 0.506. The van der Waals surface area contributed by atoms with Crippen molar-refractivity contribution >= 4 is 11.7 Å². The number of hydrogen-bond acceptors (Lipinski definition) is 4. The lowest BCUT2D eigenvalue weighted by molar-refractivity contribution is -0.137. The molecule has 1 heterocycles. The molecule has 1 aliphatic rings. The van der Waals surface area contributed by atoms with Gasteiger partial charge in [-0.1, -0.05) is 12.1 Å². The van der Waals surface area contributed by atoms with Gasteiger partial charge >= 0.3 is 5.97 Å². The molecule has 0 fully saturated rings. The number of nitrogens with zero attached hydrogens (tertiary/aromatic N) is 2. The molecule has 2 aromatic carbocycles. The predicted octanol–water partition coefficient (Wildman–Crippen LogP) is 4.97. The first-order valence-electron chi connectivity index (χ1n) is 11.1. The first-order valence-corrected chi connectivity index (χ1v) is 11.1. The van der Waals surface area contributed by atoms with E-state index in [2.05, 4.69) is 39.3 Å². The molecule has 3 aromatic rings. The monoisotopic (exact) mass is 435 g/mol. The molecule has 1 N–H and O–H groups in total. The number of carboxylic acid groups (broad SMARTS) is 1. The lowest BCUT2D eigenvalue weighted by Crippen LogP contribution is -2.34. The van der Waals surface area contributed by atoms with Gasteiger partial charge in [0.05, 0.1) is 39.9 Å². The van der Waals surface area contributed by atoms with Crippen LogP contribution < -0.4 is 9.22 Å². The van der Waals surface area contributed by atoms with E-state index >= 15 is 0 Å². The first kappa shape index (κ1) is 22.1. The van der Waals surface area contributed by atoms with Gasteiger partial charge < -0.3 is 14.3 Å². The molecule has 168 valence electrons. The maximum absolute atomic E-state index is 11.0. The van der Waals surface area contributed by atoms with E-state index in [0.29, 0.717) is 18.9 Å². The van der Waals surface area contributed by atoms with Crippen LogP contribution in [0.1, 0.15) is 41.3 Å². The molecule has 0 radical (unpaired) electrons. The van der Waals surface area contributed by atoms with Gasteiger partial charge in [0.15, 0.2) is 0 Å². The third kappa shape index (κ3) is 4.86. The molecule has 0 saturated carbocycles. The number of carboxylic acids is 1. The van der Waals surface area contributed by atoms with Crippen molar-refractivity contribution < 1.29 is 19.1 Å². The molecule has 4 rings (SSSR count). The second kappa shape index (κ2) is 8.79. The Labute approximate surface area is 189 Å². The van der Waals surface area contributed by atoms with E-state index < -0.39 is 5.97 Å². The highest BCUT2D eigenvalue weighted by Gasteiger charge is 2.25. The van der Waals surface area contributed by atoms with E-state index in [0.717, 1.165) is 45.7 Å². The molecule has 1 aliphatic carbocycles. The number of aliphatic carboxylic acids is 1. The fraction of sp³-hybridized carbons (Fsp3) is 0.385. The molecule has 1 atom stereocenters. The fourth-order valence-corrected chi connectivity index (χ4v) is 4.30. The van der Waals surface area contributed by atoms with Crippen molar-refractivity contribution in [1.82, 2.24) is 9.47 Å². The van der Waals surface area contributed by atoms with Crippen LogP contribution in [-0.2, 0) is 17.6 Å². The molecule has 32 heavy (non-hydrogen) atoms. The van der Waals surface area contributed by atoms with Gasteiger partial charge in [0.25, 0.3) is 0 Å². The predicted molar refractivity (Wildman–Crippen MR) is 125 cm³/mol. The minimum Gasteiger partial charge on any atom is -0.493 e. The third-order valence-electron chi connectivity index (χ3n) is 6.11. The topological polar surface area (TPSA) is 72.6 Å². The summed E-state index contributed by atoms with van der Waals surface area (Å²) in [5, 5.41) is 9.09. The van der Waals surface area contributed by atoms with Crippen molar-refractivity contribution in [2.75, 3.05) is 27.7 Å². The number of fused-ring (bicyclic) bond motifs is 1. The molecule has 1 aromatic heterocycles. The number of carbonyl (C=O) groups is 1. The van der Waals surface area contributed by atoms with E-state index in [-0.39, 0.29) is 12.3 Å². The zero-order chi connectivity index (χ0) is 22.9. The van der Waals surface area contributed by atoms with Crippen molar-refractivity contribution in [2.45, 2.75) is 38.5 Å². The molecular weight excluding hydrogens is 404 g/mol. The van der Waals surface area contributed by atoms with Gasteiger partial charge in [0, 0.05) is 18.1 Å². The van der Waals surface area contributed by atoms with Gasteiger partial charge in [-0.15, -0.1) is 0 Å². The van der Waals surface area contributed by atoms with Crippen LogP contribution in [0.3, 0.4) is 0 Å². The number of aromatic nitrogens is 1. The number of hydrogen-bond donors (Lipinski definition) is 1. The van der Waals surface area contributed by atoms with E-state index in [1.165, 1.54) is 11.3 Å². The Hall–Kier alpha value is -3.12. The van der Waals surface area contributed by atoms with Gasteiger partial charge in [0.2, 0.25) is 5.89 Å². The highest BCUT2D eigenvalue weighted by Crippen LogP contribution is 2.37. The van der Waals surface area contributed by atoms with Crippen molar-refractivity contribution in [2.24, 2.45) is 0 Å². The van der Waals surface area contributed by atoms with Crippen LogP contribution in [-0.4, -0.2) is 43.8 Å². The van der Waals surface area contributed by atoms with E-state index in [1.807, 2.05) is 31.2 Å². The summed E-state index contributed by atoms with van der Waals surface area (Å²) in [5.41, 5.74) is 5.41. The molecule has 0 spiro atoms. The third-order valence-corrected chi connectivity index (χ3v) is 6.11. The summed E-state index contributed by atoms with van der Waals surface area (Å²) in [5.74, 6) is 1.63. The number of oxazole rings is 1. The second-order valence-corrected chi connectivity index (χ2v) is 9.38. The van der Waals surface area contributed by atoms with Gasteiger partial charge in [0.1, 0.15) is 17.2 Å². The maximum Gasteiger partial charge on any atom is 0.303 e. The Kier molecular flexibility index (Phi) is 6.07. The van der Waals surface area contributed by atoms with Crippen molar-refractivity contribution in [3.63, 3.8) is 0 Å². The summed E-state index contributed by atoms with van der Waals surface area (Å²) in [6, 6.07) is 14.3. The van der Waals surface area contributed by atoms with Crippen LogP contribution >= 0.6 is 0 Å². The molecule has 0 aliphatic heterocycles. The average molecular weight is 436 g/mol. The van der Waals surface area contributed by atoms with Crippen molar-refractivity contribution in [3.8, 4) is 17.2 Å². The first-order chi connectivity index (χ1) is 15.2. The number of quaternary nitrogens is 1. The summed E-state index contributed by atoms with van der Waals surface area (Å²) in [7, 11) is 6.40. The molecule has 0 unspecified atom stereocenters. The SMILES string of the molecule is Cc1oc(-c2cccc([N+](C)(C)C)c2)nc1CCOc1ccc2c(c1)CC[C@H]2CC(=O)O. The van der Waals surface area contributed by atoms with Crippen molar-refractivity contribution in [3.05, 3.63) is 65.0 Å². The molecule has 0 amide bonds. The van der Waals surface area contributed by atoms with E-state index in [4.69, 9.17) is 19.2 Å².